The molecule has 4 rings (SSSR count). The predicted octanol–water partition coefficient (Wildman–Crippen LogP) is 4.07. The van der Waals surface area contributed by atoms with Crippen LogP contribution in [-0.4, -0.2) is 27.0 Å². The number of anilines is 1. The molecule has 3 aromatic carbocycles. The third kappa shape index (κ3) is 4.11. The van der Waals surface area contributed by atoms with E-state index in [2.05, 4.69) is 21.9 Å². The van der Waals surface area contributed by atoms with E-state index in [1.807, 2.05) is 67.7 Å². The predicted molar refractivity (Wildman–Crippen MR) is 113 cm³/mol. The zero-order valence-corrected chi connectivity index (χ0v) is 16.8. The first-order chi connectivity index (χ1) is 13.5. The van der Waals surface area contributed by atoms with E-state index in [4.69, 9.17) is 0 Å². The number of fused-ring (bicyclic) bond motifs is 1. The van der Waals surface area contributed by atoms with Crippen molar-refractivity contribution in [1.82, 2.24) is 4.90 Å². The van der Waals surface area contributed by atoms with Crippen molar-refractivity contribution in [1.29, 1.82) is 0 Å². The molecule has 0 radical (unpaired) electrons. The molecule has 28 heavy (non-hydrogen) atoms. The Kier molecular flexibility index (Phi) is 5.20. The monoisotopic (exact) mass is 392 g/mol. The van der Waals surface area contributed by atoms with Crippen LogP contribution in [0.15, 0.2) is 83.8 Å². The third-order valence-corrected chi connectivity index (χ3v) is 6.76. The lowest BCUT2D eigenvalue weighted by molar-refractivity contribution is 0.248. The van der Waals surface area contributed by atoms with Crippen molar-refractivity contribution >= 4 is 15.5 Å². The Morgan fingerprint density at radius 1 is 0.857 bits per heavy atom. The van der Waals surface area contributed by atoms with E-state index < -0.39 is 9.84 Å². The maximum atomic E-state index is 12.9. The quantitative estimate of drug-likeness (QED) is 0.656. The Hall–Kier alpha value is -2.63. The van der Waals surface area contributed by atoms with Crippen LogP contribution in [0.4, 0.5) is 5.69 Å². The van der Waals surface area contributed by atoms with Crippen LogP contribution in [0.5, 0.6) is 0 Å². The Morgan fingerprint density at radius 2 is 1.50 bits per heavy atom. The number of benzene rings is 3. The summed E-state index contributed by atoms with van der Waals surface area (Å²) >= 11 is 0. The Bertz CT molecular complexity index is 1050. The van der Waals surface area contributed by atoms with E-state index in [-0.39, 0.29) is 5.75 Å². The van der Waals surface area contributed by atoms with Crippen molar-refractivity contribution < 1.29 is 8.42 Å². The van der Waals surface area contributed by atoms with Gasteiger partial charge >= 0.3 is 0 Å². The molecule has 0 bridgehead atoms. The SMILES string of the molecule is CN1CN(Cc2ccccc2)Cc2cc(S(=O)(=O)Cc3ccccc3)ccc21. The molecule has 5 heteroatoms. The van der Waals surface area contributed by atoms with Gasteiger partial charge in [0, 0.05) is 25.8 Å². The molecule has 0 unspecified atom stereocenters. The van der Waals surface area contributed by atoms with E-state index in [1.54, 1.807) is 6.07 Å². The minimum absolute atomic E-state index is 0.0240. The zero-order chi connectivity index (χ0) is 19.6. The lowest BCUT2D eigenvalue weighted by Gasteiger charge is -2.36. The topological polar surface area (TPSA) is 40.6 Å². The molecule has 0 aromatic heterocycles. The standard InChI is InChI=1S/C23H24N2O2S/c1-24-18-25(15-19-8-4-2-5-9-19)16-21-14-22(12-13-23(21)24)28(26,27)17-20-10-6-3-7-11-20/h2-14H,15-18H2,1H3. The molecule has 0 atom stereocenters. The summed E-state index contributed by atoms with van der Waals surface area (Å²) in [6.45, 7) is 2.40. The lowest BCUT2D eigenvalue weighted by atomic mass is 10.1. The molecular formula is C23H24N2O2S. The highest BCUT2D eigenvalue weighted by atomic mass is 32.2. The van der Waals surface area contributed by atoms with Crippen molar-refractivity contribution in [2.75, 3.05) is 18.6 Å². The number of nitrogens with zero attached hydrogens (tertiary/aromatic N) is 2. The second-order valence-corrected chi connectivity index (χ2v) is 9.34. The van der Waals surface area contributed by atoms with Crippen LogP contribution in [0.2, 0.25) is 0 Å². The van der Waals surface area contributed by atoms with E-state index in [0.717, 1.165) is 36.6 Å². The minimum atomic E-state index is -3.38. The summed E-state index contributed by atoms with van der Waals surface area (Å²) in [5.74, 6) is 0.0240. The maximum absolute atomic E-state index is 12.9. The van der Waals surface area contributed by atoms with Gasteiger partial charge in [0.05, 0.1) is 17.3 Å². The van der Waals surface area contributed by atoms with Crippen molar-refractivity contribution in [3.8, 4) is 0 Å². The third-order valence-electron chi connectivity index (χ3n) is 5.08. The van der Waals surface area contributed by atoms with Crippen LogP contribution in [0.25, 0.3) is 0 Å². The van der Waals surface area contributed by atoms with Crippen molar-refractivity contribution in [2.24, 2.45) is 0 Å². The summed E-state index contributed by atoms with van der Waals surface area (Å²) in [5.41, 5.74) is 4.22. The molecule has 4 nitrogen and oxygen atoms in total. The molecule has 0 saturated carbocycles. The smallest absolute Gasteiger partial charge is 0.182 e. The summed E-state index contributed by atoms with van der Waals surface area (Å²) < 4.78 is 25.8. The second kappa shape index (κ2) is 7.78. The van der Waals surface area contributed by atoms with Crippen LogP contribution >= 0.6 is 0 Å². The van der Waals surface area contributed by atoms with Gasteiger partial charge in [0.2, 0.25) is 0 Å². The Morgan fingerprint density at radius 3 is 2.18 bits per heavy atom. The minimum Gasteiger partial charge on any atom is -0.361 e. The Balaban J connectivity index is 1.58. The average Bonchev–Trinajstić information content (AvgIpc) is 2.69. The van der Waals surface area contributed by atoms with Crippen LogP contribution in [0.3, 0.4) is 0 Å². The number of hydrogen-bond acceptors (Lipinski definition) is 4. The molecule has 3 aromatic rings. The van der Waals surface area contributed by atoms with Gasteiger partial charge in [-0.2, -0.15) is 0 Å². The van der Waals surface area contributed by atoms with Gasteiger partial charge in [0.25, 0.3) is 0 Å². The van der Waals surface area contributed by atoms with E-state index >= 15 is 0 Å². The summed E-state index contributed by atoms with van der Waals surface area (Å²) in [5, 5.41) is 0. The normalized spacial score (nSPS) is 14.7. The van der Waals surface area contributed by atoms with Gasteiger partial charge in [-0.15, -0.1) is 0 Å². The summed E-state index contributed by atoms with van der Waals surface area (Å²) in [7, 11) is -1.33. The molecule has 1 heterocycles. The summed E-state index contributed by atoms with van der Waals surface area (Å²) in [4.78, 5) is 4.89. The fourth-order valence-corrected chi connectivity index (χ4v) is 5.14. The van der Waals surface area contributed by atoms with Crippen LogP contribution in [-0.2, 0) is 28.7 Å². The fourth-order valence-electron chi connectivity index (χ4n) is 3.75. The van der Waals surface area contributed by atoms with Crippen molar-refractivity contribution in [2.45, 2.75) is 23.7 Å². The first-order valence-corrected chi connectivity index (χ1v) is 11.0. The number of rotatable bonds is 5. The molecule has 1 aliphatic heterocycles. The first kappa shape index (κ1) is 18.7. The highest BCUT2D eigenvalue weighted by molar-refractivity contribution is 7.90. The van der Waals surface area contributed by atoms with Gasteiger partial charge in [0.1, 0.15) is 0 Å². The van der Waals surface area contributed by atoms with Crippen molar-refractivity contribution in [3.63, 3.8) is 0 Å². The molecular weight excluding hydrogens is 368 g/mol. The molecule has 144 valence electrons. The van der Waals surface area contributed by atoms with Crippen LogP contribution < -0.4 is 4.90 Å². The van der Waals surface area contributed by atoms with E-state index in [1.165, 1.54) is 5.56 Å². The maximum Gasteiger partial charge on any atom is 0.182 e. The zero-order valence-electron chi connectivity index (χ0n) is 16.0. The summed E-state index contributed by atoms with van der Waals surface area (Å²) in [6, 6.07) is 25.2. The molecule has 1 aliphatic rings. The highest BCUT2D eigenvalue weighted by Gasteiger charge is 2.23. The first-order valence-electron chi connectivity index (χ1n) is 9.38. The van der Waals surface area contributed by atoms with Gasteiger partial charge in [0.15, 0.2) is 9.84 Å². The van der Waals surface area contributed by atoms with E-state index in [9.17, 15) is 8.42 Å². The Labute approximate surface area is 167 Å². The van der Waals surface area contributed by atoms with Gasteiger partial charge in [-0.05, 0) is 34.9 Å². The molecule has 0 saturated heterocycles. The van der Waals surface area contributed by atoms with Gasteiger partial charge in [-0.3, -0.25) is 4.90 Å². The van der Waals surface area contributed by atoms with Gasteiger partial charge in [-0.25, -0.2) is 8.42 Å². The number of sulfone groups is 1. The molecule has 0 fully saturated rings. The second-order valence-electron chi connectivity index (χ2n) is 7.35. The lowest BCUT2D eigenvalue weighted by Crippen LogP contribution is -2.39. The molecule has 0 amide bonds. The highest BCUT2D eigenvalue weighted by Crippen LogP contribution is 2.30. The van der Waals surface area contributed by atoms with E-state index in [0.29, 0.717) is 4.90 Å². The molecule has 0 N–H and O–H groups in total. The summed E-state index contributed by atoms with van der Waals surface area (Å²) in [6.07, 6.45) is 0. The largest absolute Gasteiger partial charge is 0.361 e. The van der Waals surface area contributed by atoms with Crippen LogP contribution in [0, 0.1) is 0 Å². The van der Waals surface area contributed by atoms with Crippen LogP contribution in [0.1, 0.15) is 16.7 Å². The molecule has 0 aliphatic carbocycles. The average molecular weight is 393 g/mol. The number of hydrogen-bond donors (Lipinski definition) is 0. The fraction of sp³-hybridized carbons (Fsp3) is 0.217. The van der Waals surface area contributed by atoms with Gasteiger partial charge in [-0.1, -0.05) is 60.7 Å². The molecule has 0 spiro atoms. The van der Waals surface area contributed by atoms with Gasteiger partial charge < -0.3 is 4.90 Å². The van der Waals surface area contributed by atoms with Crippen molar-refractivity contribution in [3.05, 3.63) is 95.6 Å².